The Kier molecular flexibility index (Phi) is 14.1. The van der Waals surface area contributed by atoms with E-state index in [9.17, 15) is 0 Å². The van der Waals surface area contributed by atoms with Crippen molar-refractivity contribution in [1.29, 1.82) is 0 Å². The molecule has 0 N–H and O–H groups in total. The van der Waals surface area contributed by atoms with Crippen LogP contribution in [0.25, 0.3) is 49.4 Å². The number of hydrogen-bond donors (Lipinski definition) is 0. The summed E-state index contributed by atoms with van der Waals surface area (Å²) in [7, 11) is 159. The number of allylic oxidation sites excluding steroid dienone is 3. The second kappa shape index (κ2) is 18.0. The van der Waals surface area contributed by atoms with Crippen LogP contribution in [-0.2, 0) is 6.32 Å². The summed E-state index contributed by atoms with van der Waals surface area (Å²) in [5, 5.41) is 0.220. The Hall–Kier alpha value is -3.43. The Labute approximate surface area is 409 Å². The van der Waals surface area contributed by atoms with Gasteiger partial charge in [0.25, 0.3) is 0 Å². The summed E-state index contributed by atoms with van der Waals surface area (Å²) < 4.78 is 0. The Bertz CT molecular complexity index is 3120. The third kappa shape index (κ3) is 7.17. The van der Waals surface area contributed by atoms with Crippen LogP contribution in [0.15, 0.2) is 16.4 Å². The maximum atomic E-state index is 7.20. The molecule has 0 nitrogen and oxygen atoms in total. The van der Waals surface area contributed by atoms with E-state index in [0.717, 1.165) is 0 Å². The summed E-state index contributed by atoms with van der Waals surface area (Å²) in [6.45, 7) is 1.61. The van der Waals surface area contributed by atoms with Crippen molar-refractivity contribution in [3.63, 3.8) is 0 Å². The van der Waals surface area contributed by atoms with Gasteiger partial charge in [-0.1, -0.05) is 5.46 Å². The zero-order chi connectivity index (χ0) is 48.2. The van der Waals surface area contributed by atoms with Gasteiger partial charge in [0.05, 0.1) is 0 Å². The first-order valence-corrected chi connectivity index (χ1v) is 18.8. The standard InChI is InChI=1S/C40H7B24/c1-3-7(42)20(44)9-6(4-41)10(25(49)35(59)23(47)8-5(2)19(43)34(58)38(62)24(8)48)12-13(27(51)36(60)26(12)50)11(9)14-21(45)16(31(55)37(61)30(14)54)15-22(46)17-18(29(53)28(15)52)33(57)40(64)39(63)32(17)56/h1,27H,4H2,2H3/b20-7-,35-23-. The summed E-state index contributed by atoms with van der Waals surface area (Å²) in [6.07, 6.45) is 5.45. The molecule has 0 heterocycles. The molecule has 1 aliphatic rings. The van der Waals surface area contributed by atoms with Crippen LogP contribution in [0.1, 0.15) is 44.8 Å². The van der Waals surface area contributed by atoms with Gasteiger partial charge in [0.2, 0.25) is 0 Å². The van der Waals surface area contributed by atoms with Crippen molar-refractivity contribution in [2.45, 2.75) is 19.1 Å². The van der Waals surface area contributed by atoms with E-state index < -0.39 is 5.82 Å². The van der Waals surface area contributed by atoms with E-state index in [2.05, 4.69) is 5.92 Å². The molecule has 0 fully saturated rings. The number of fused-ring (bicyclic) bond motifs is 2. The molecule has 1 atom stereocenters. The average molecular weight is 747 g/mol. The summed E-state index contributed by atoms with van der Waals surface area (Å²) >= 11 is 0. The first kappa shape index (κ1) is 50.0. The predicted octanol–water partition coefficient (Wildman–Crippen LogP) is -12.7. The van der Waals surface area contributed by atoms with E-state index in [1.807, 2.05) is 0 Å². The molecule has 0 bridgehead atoms. The fraction of sp³-hybridized carbons (Fsp3) is 0.0750. The minimum absolute atomic E-state index is 0.00315. The van der Waals surface area contributed by atoms with Crippen molar-refractivity contribution in [1.82, 2.24) is 0 Å². The predicted molar refractivity (Wildman–Crippen MR) is 299 cm³/mol. The molecule has 64 heavy (non-hydrogen) atoms. The van der Waals surface area contributed by atoms with Crippen LogP contribution in [-0.4, -0.2) is 193 Å². The molecular formula is C40H7B24. The Morgan fingerprint density at radius 2 is 0.906 bits per heavy atom. The van der Waals surface area contributed by atoms with Gasteiger partial charge >= 0.3 is 364 Å². The molecule has 0 amide bonds. The molecule has 47 radical (unpaired) electrons. The molecule has 5 aromatic rings. The van der Waals surface area contributed by atoms with Crippen LogP contribution < -0.4 is 81.9 Å². The Morgan fingerprint density at radius 3 is 1.42 bits per heavy atom. The van der Waals surface area contributed by atoms with Crippen molar-refractivity contribution in [3.05, 3.63) is 55.4 Å². The second-order valence-corrected chi connectivity index (χ2v) is 15.2. The van der Waals surface area contributed by atoms with Crippen LogP contribution in [0.4, 0.5) is 0 Å². The van der Waals surface area contributed by atoms with Crippen molar-refractivity contribution in [2.75, 3.05) is 0 Å². The third-order valence-electron chi connectivity index (χ3n) is 12.0. The molecule has 0 spiro atoms. The van der Waals surface area contributed by atoms with Gasteiger partial charge in [-0.25, -0.2) is 0 Å². The van der Waals surface area contributed by atoms with Gasteiger partial charge in [-0.3, -0.25) is 0 Å². The molecule has 0 saturated heterocycles. The van der Waals surface area contributed by atoms with Crippen molar-refractivity contribution in [3.8, 4) is 34.6 Å². The molecular weight excluding hydrogens is 740 g/mol. The fourth-order valence-electron chi connectivity index (χ4n) is 8.44. The Balaban J connectivity index is 1.86. The maximum absolute atomic E-state index is 7.20. The zero-order valence-corrected chi connectivity index (χ0v) is 34.7. The van der Waals surface area contributed by atoms with Gasteiger partial charge in [0, 0.05) is 0 Å². The molecule has 239 valence electrons. The van der Waals surface area contributed by atoms with E-state index >= 15 is 0 Å². The van der Waals surface area contributed by atoms with Gasteiger partial charge in [-0.15, -0.1) is 10.9 Å². The van der Waals surface area contributed by atoms with Gasteiger partial charge < -0.3 is 0 Å². The minimum atomic E-state index is -1.25. The van der Waals surface area contributed by atoms with Crippen molar-refractivity contribution >= 4 is 303 Å². The number of rotatable bonds is 7. The van der Waals surface area contributed by atoms with Crippen LogP contribution in [0.3, 0.4) is 0 Å². The van der Waals surface area contributed by atoms with Crippen LogP contribution in [0.2, 0.25) is 0 Å². The van der Waals surface area contributed by atoms with Crippen LogP contribution >= 0.6 is 0 Å². The zero-order valence-electron chi connectivity index (χ0n) is 34.7. The fourth-order valence-corrected chi connectivity index (χ4v) is 8.44. The number of hydrogen-bond acceptors (Lipinski definition) is 0. The summed E-state index contributed by atoms with van der Waals surface area (Å²) in [5.74, 6) is 1.09. The molecule has 0 aliphatic heterocycles. The first-order valence-electron chi connectivity index (χ1n) is 18.8. The van der Waals surface area contributed by atoms with E-state index in [4.69, 9.17) is 194 Å². The molecule has 0 saturated carbocycles. The van der Waals surface area contributed by atoms with E-state index in [0.29, 0.717) is 5.56 Å². The van der Waals surface area contributed by atoms with E-state index in [1.54, 1.807) is 6.92 Å². The van der Waals surface area contributed by atoms with Gasteiger partial charge in [-0.2, -0.15) is 0 Å². The SMILES string of the molecule is [B]Cc1c(C(=[B])/C([B])=C(/[B])c2c([B])c([B])c([B])c([B])c2C)c2c(c(-c3c([B])c([B])c([B])c(-c4c([B])c([B])c5c([B])c([B])c([B])c([B])c5c4[B])c3[B])c1/C([B])=C(/[B])C#C)C([B])C([B])=C2[B]. The molecule has 0 aromatic heterocycles. The summed E-state index contributed by atoms with van der Waals surface area (Å²) in [4.78, 5) is 0. The van der Waals surface area contributed by atoms with E-state index in [-0.39, 0.29) is 193 Å². The first-order chi connectivity index (χ1) is 29.8. The number of terminal acetylenes is 1. The second-order valence-electron chi connectivity index (χ2n) is 15.2. The molecule has 1 aliphatic carbocycles. The molecule has 6 rings (SSSR count). The number of benzene rings is 5. The molecule has 24 heteroatoms. The van der Waals surface area contributed by atoms with Gasteiger partial charge in [-0.05, 0) is 0 Å². The van der Waals surface area contributed by atoms with Crippen LogP contribution in [0.5, 0.6) is 0 Å². The normalized spacial score (nSPS) is 14.3. The third-order valence-corrected chi connectivity index (χ3v) is 12.0. The molecule has 1 unspecified atom stereocenters. The van der Waals surface area contributed by atoms with Gasteiger partial charge in [0.1, 0.15) is 31.4 Å². The van der Waals surface area contributed by atoms with Crippen LogP contribution in [0, 0.1) is 19.3 Å². The topological polar surface area (TPSA) is 0 Å². The summed E-state index contributed by atoms with van der Waals surface area (Å²) in [5.41, 5.74) is -1.66. The average Bonchev–Trinajstić information content (AvgIpc) is 3.49. The van der Waals surface area contributed by atoms with Crippen molar-refractivity contribution in [2.24, 2.45) is 0 Å². The van der Waals surface area contributed by atoms with E-state index in [1.165, 1.54) is 0 Å². The quantitative estimate of drug-likeness (QED) is 0.115. The van der Waals surface area contributed by atoms with Crippen molar-refractivity contribution < 1.29 is 0 Å². The monoisotopic (exact) mass is 751 g/mol. The van der Waals surface area contributed by atoms with Gasteiger partial charge in [0.15, 0.2) is 0 Å². The summed E-state index contributed by atoms with van der Waals surface area (Å²) in [6, 6.07) is 0. The Morgan fingerprint density at radius 1 is 0.484 bits per heavy atom. The molecule has 5 aromatic carbocycles.